The van der Waals surface area contributed by atoms with Crippen molar-refractivity contribution in [2.24, 2.45) is 12.0 Å². The molecule has 0 unspecified atom stereocenters. The molecule has 0 atom stereocenters. The molecule has 0 aliphatic rings. The van der Waals surface area contributed by atoms with Crippen LogP contribution in [0.4, 0.5) is 0 Å². The van der Waals surface area contributed by atoms with Gasteiger partial charge < -0.3 is 15.4 Å². The number of nitrogens with one attached hydrogen (secondary N) is 2. The lowest BCUT2D eigenvalue weighted by atomic mass is 10.1. The Kier molecular flexibility index (Phi) is 9.76. The molecule has 1 rings (SSSR count). The van der Waals surface area contributed by atoms with Gasteiger partial charge in [0.05, 0.1) is 12.2 Å². The van der Waals surface area contributed by atoms with Crippen LogP contribution < -0.4 is 10.6 Å². The summed E-state index contributed by atoms with van der Waals surface area (Å²) in [4.78, 5) is 16.2. The minimum absolute atomic E-state index is 0.104. The summed E-state index contributed by atoms with van der Waals surface area (Å²) < 4.78 is 7.14. The molecule has 1 aromatic rings. The molecule has 1 aromatic heterocycles. The summed E-state index contributed by atoms with van der Waals surface area (Å²) in [6.07, 6.45) is 6.32. The monoisotopic (exact) mass is 365 g/mol. The van der Waals surface area contributed by atoms with Gasteiger partial charge in [0.25, 0.3) is 0 Å². The fourth-order valence-electron chi connectivity index (χ4n) is 2.41. The maximum absolute atomic E-state index is 11.6. The number of guanidine groups is 1. The molecular formula is C19H35N5O2. The van der Waals surface area contributed by atoms with E-state index in [2.05, 4.69) is 27.6 Å². The Labute approximate surface area is 157 Å². The lowest BCUT2D eigenvalue weighted by Gasteiger charge is -2.19. The molecule has 0 saturated carbocycles. The van der Waals surface area contributed by atoms with Crippen LogP contribution in [0.5, 0.6) is 0 Å². The summed E-state index contributed by atoms with van der Waals surface area (Å²) in [7, 11) is 1.92. The van der Waals surface area contributed by atoms with E-state index in [0.717, 1.165) is 50.4 Å². The van der Waals surface area contributed by atoms with Gasteiger partial charge in [-0.25, -0.2) is 4.99 Å². The lowest BCUT2D eigenvalue weighted by molar-refractivity contribution is -0.154. The normalized spacial score (nSPS) is 12.1. The standard InChI is InChI=1S/C19H35N5O2/c1-6-20-18(22-15-16-12-14-23-24(16)5)21-13-10-8-7-9-11-17(25)26-19(2,3)4/h12,14H,6-11,13,15H2,1-5H3,(H2,20,21,22). The Morgan fingerprint density at radius 3 is 2.58 bits per heavy atom. The van der Waals surface area contributed by atoms with Gasteiger partial charge in [-0.2, -0.15) is 5.10 Å². The Hall–Kier alpha value is -2.05. The zero-order valence-electron chi connectivity index (χ0n) is 17.0. The van der Waals surface area contributed by atoms with E-state index in [0.29, 0.717) is 13.0 Å². The number of hydrogen-bond donors (Lipinski definition) is 2. The first-order valence-electron chi connectivity index (χ1n) is 9.52. The van der Waals surface area contributed by atoms with Crippen molar-refractivity contribution in [3.05, 3.63) is 18.0 Å². The van der Waals surface area contributed by atoms with Crippen molar-refractivity contribution in [3.63, 3.8) is 0 Å². The SMILES string of the molecule is CCNC(=NCc1ccnn1C)NCCCCCCC(=O)OC(C)(C)C. The van der Waals surface area contributed by atoms with Gasteiger partial charge >= 0.3 is 5.97 Å². The lowest BCUT2D eigenvalue weighted by Crippen LogP contribution is -2.37. The van der Waals surface area contributed by atoms with Crippen molar-refractivity contribution < 1.29 is 9.53 Å². The van der Waals surface area contributed by atoms with Gasteiger partial charge in [-0.3, -0.25) is 9.48 Å². The van der Waals surface area contributed by atoms with Gasteiger partial charge in [-0.05, 0) is 46.6 Å². The van der Waals surface area contributed by atoms with E-state index < -0.39 is 5.60 Å². The number of nitrogens with zero attached hydrogens (tertiary/aromatic N) is 3. The van der Waals surface area contributed by atoms with E-state index in [4.69, 9.17) is 4.74 Å². The smallest absolute Gasteiger partial charge is 0.306 e. The number of carbonyl (C=O) groups excluding carboxylic acids is 1. The molecule has 0 fully saturated rings. The minimum Gasteiger partial charge on any atom is -0.460 e. The highest BCUT2D eigenvalue weighted by molar-refractivity contribution is 5.79. The predicted molar refractivity (Wildman–Crippen MR) is 105 cm³/mol. The Balaban J connectivity index is 2.17. The molecular weight excluding hydrogens is 330 g/mol. The van der Waals surface area contributed by atoms with Crippen LogP contribution in [0.15, 0.2) is 17.3 Å². The molecule has 0 aromatic carbocycles. The molecule has 0 amide bonds. The molecule has 0 aliphatic heterocycles. The van der Waals surface area contributed by atoms with Crippen LogP contribution in [-0.4, -0.2) is 40.4 Å². The summed E-state index contributed by atoms with van der Waals surface area (Å²) in [6, 6.07) is 1.97. The molecule has 26 heavy (non-hydrogen) atoms. The molecule has 0 saturated heterocycles. The van der Waals surface area contributed by atoms with E-state index in [9.17, 15) is 4.79 Å². The zero-order chi connectivity index (χ0) is 19.4. The van der Waals surface area contributed by atoms with E-state index in [-0.39, 0.29) is 5.97 Å². The second-order valence-corrected chi connectivity index (χ2v) is 7.32. The molecule has 0 spiro atoms. The number of hydrogen-bond acceptors (Lipinski definition) is 4. The van der Waals surface area contributed by atoms with Crippen LogP contribution in [0, 0.1) is 0 Å². The first-order chi connectivity index (χ1) is 12.3. The molecule has 0 aliphatic carbocycles. The second-order valence-electron chi connectivity index (χ2n) is 7.32. The predicted octanol–water partition coefficient (Wildman–Crippen LogP) is 2.77. The number of aliphatic imine (C=N–C) groups is 1. The number of unbranched alkanes of at least 4 members (excludes halogenated alkanes) is 3. The van der Waals surface area contributed by atoms with Crippen molar-refractivity contribution in [2.75, 3.05) is 13.1 Å². The molecule has 0 bridgehead atoms. The van der Waals surface area contributed by atoms with Gasteiger partial charge in [0.1, 0.15) is 5.60 Å². The molecule has 0 radical (unpaired) electrons. The average Bonchev–Trinajstić information content (AvgIpc) is 2.95. The number of ether oxygens (including phenoxy) is 1. The Bertz CT molecular complexity index is 561. The van der Waals surface area contributed by atoms with Crippen molar-refractivity contribution in [1.29, 1.82) is 0 Å². The van der Waals surface area contributed by atoms with Gasteiger partial charge in [-0.15, -0.1) is 0 Å². The summed E-state index contributed by atoms with van der Waals surface area (Å²) in [6.45, 7) is 10.0. The van der Waals surface area contributed by atoms with E-state index in [1.165, 1.54) is 0 Å². The maximum atomic E-state index is 11.6. The highest BCUT2D eigenvalue weighted by atomic mass is 16.6. The van der Waals surface area contributed by atoms with Gasteiger partial charge in [0, 0.05) is 32.8 Å². The van der Waals surface area contributed by atoms with Gasteiger partial charge in [0.2, 0.25) is 0 Å². The van der Waals surface area contributed by atoms with Gasteiger partial charge in [0.15, 0.2) is 5.96 Å². The third-order valence-corrected chi connectivity index (χ3v) is 3.69. The largest absolute Gasteiger partial charge is 0.460 e. The summed E-state index contributed by atoms with van der Waals surface area (Å²) in [5.74, 6) is 0.717. The zero-order valence-corrected chi connectivity index (χ0v) is 17.0. The van der Waals surface area contributed by atoms with Crippen LogP contribution in [-0.2, 0) is 23.1 Å². The highest BCUT2D eigenvalue weighted by Gasteiger charge is 2.15. The van der Waals surface area contributed by atoms with Crippen LogP contribution >= 0.6 is 0 Å². The molecule has 148 valence electrons. The highest BCUT2D eigenvalue weighted by Crippen LogP contribution is 2.11. The fraction of sp³-hybridized carbons (Fsp3) is 0.737. The van der Waals surface area contributed by atoms with Crippen molar-refractivity contribution in [3.8, 4) is 0 Å². The third-order valence-electron chi connectivity index (χ3n) is 3.69. The second kappa shape index (κ2) is 11.5. The summed E-state index contributed by atoms with van der Waals surface area (Å²) in [5.41, 5.74) is 0.683. The Morgan fingerprint density at radius 1 is 1.23 bits per heavy atom. The first kappa shape index (κ1) is 22.0. The van der Waals surface area contributed by atoms with Crippen LogP contribution in [0.2, 0.25) is 0 Å². The summed E-state index contributed by atoms with van der Waals surface area (Å²) >= 11 is 0. The number of esters is 1. The minimum atomic E-state index is -0.390. The summed E-state index contributed by atoms with van der Waals surface area (Å²) in [5, 5.41) is 10.8. The maximum Gasteiger partial charge on any atom is 0.306 e. The van der Waals surface area contributed by atoms with E-state index in [1.807, 2.05) is 38.6 Å². The van der Waals surface area contributed by atoms with Crippen molar-refractivity contribution >= 4 is 11.9 Å². The quantitative estimate of drug-likeness (QED) is 0.288. The number of aromatic nitrogens is 2. The van der Waals surface area contributed by atoms with Crippen LogP contribution in [0.25, 0.3) is 0 Å². The number of rotatable bonds is 10. The number of carbonyl (C=O) groups is 1. The third kappa shape index (κ3) is 10.1. The van der Waals surface area contributed by atoms with E-state index >= 15 is 0 Å². The van der Waals surface area contributed by atoms with Crippen LogP contribution in [0.3, 0.4) is 0 Å². The topological polar surface area (TPSA) is 80.5 Å². The molecule has 1 heterocycles. The Morgan fingerprint density at radius 2 is 1.96 bits per heavy atom. The molecule has 2 N–H and O–H groups in total. The first-order valence-corrected chi connectivity index (χ1v) is 9.52. The van der Waals surface area contributed by atoms with Crippen LogP contribution in [0.1, 0.15) is 65.5 Å². The van der Waals surface area contributed by atoms with Crippen molar-refractivity contribution in [1.82, 2.24) is 20.4 Å². The fourth-order valence-corrected chi connectivity index (χ4v) is 2.41. The average molecular weight is 366 g/mol. The molecule has 7 heteroatoms. The van der Waals surface area contributed by atoms with Gasteiger partial charge in [-0.1, -0.05) is 12.8 Å². The van der Waals surface area contributed by atoms with E-state index in [1.54, 1.807) is 6.20 Å². The molecule has 7 nitrogen and oxygen atoms in total. The number of aryl methyl sites for hydroxylation is 1. The van der Waals surface area contributed by atoms with Crippen molar-refractivity contribution in [2.45, 2.75) is 71.9 Å².